The summed E-state index contributed by atoms with van der Waals surface area (Å²) in [4.78, 5) is 13.5. The minimum Gasteiger partial charge on any atom is -0.394 e. The van der Waals surface area contributed by atoms with Crippen molar-refractivity contribution in [2.24, 2.45) is 0 Å². The first-order valence-electron chi connectivity index (χ1n) is 40.9. The van der Waals surface area contributed by atoms with Crippen LogP contribution in [0.1, 0.15) is 354 Å². The molecule has 3 rings (SSSR count). The topological polar surface area (TPSA) is 307 Å². The number of allylic oxidation sites excluding steroid dienone is 1. The summed E-state index contributed by atoms with van der Waals surface area (Å²) in [5, 5.41) is 121. The van der Waals surface area contributed by atoms with E-state index in [-0.39, 0.29) is 18.9 Å². The molecule has 98 heavy (non-hydrogen) atoms. The van der Waals surface area contributed by atoms with Crippen LogP contribution in [0.25, 0.3) is 0 Å². The average molecular weight is 1400 g/mol. The van der Waals surface area contributed by atoms with Crippen molar-refractivity contribution >= 4 is 5.91 Å². The van der Waals surface area contributed by atoms with E-state index in [2.05, 4.69) is 19.2 Å². The van der Waals surface area contributed by atoms with E-state index < -0.39 is 124 Å². The molecule has 17 atom stereocenters. The number of rotatable bonds is 66. The summed E-state index contributed by atoms with van der Waals surface area (Å²) >= 11 is 0. The maximum atomic E-state index is 13.5. The van der Waals surface area contributed by atoms with Gasteiger partial charge in [-0.1, -0.05) is 341 Å². The highest BCUT2D eigenvalue weighted by Crippen LogP contribution is 2.33. The maximum absolute atomic E-state index is 13.5. The van der Waals surface area contributed by atoms with Gasteiger partial charge in [0.05, 0.1) is 38.6 Å². The number of ether oxygens (including phenoxy) is 6. The van der Waals surface area contributed by atoms with Crippen molar-refractivity contribution in [3.8, 4) is 0 Å². The Kier molecular flexibility index (Phi) is 56.3. The Balaban J connectivity index is 1.37. The lowest BCUT2D eigenvalue weighted by molar-refractivity contribution is -0.379. The number of carbonyl (C=O) groups excluding carboxylic acids is 1. The summed E-state index contributed by atoms with van der Waals surface area (Å²) in [6.07, 6.45) is 44.9. The highest BCUT2D eigenvalue weighted by molar-refractivity contribution is 5.76. The molecule has 580 valence electrons. The fourth-order valence-electron chi connectivity index (χ4n) is 14.3. The predicted octanol–water partition coefficient (Wildman–Crippen LogP) is 13.6. The summed E-state index contributed by atoms with van der Waals surface area (Å²) in [7, 11) is 0. The van der Waals surface area contributed by atoms with Gasteiger partial charge >= 0.3 is 0 Å². The molecule has 0 aromatic heterocycles. The molecule has 0 aromatic carbocycles. The Morgan fingerprint density at radius 1 is 0.357 bits per heavy atom. The normalized spacial score (nSPS) is 26.7. The fraction of sp³-hybridized carbons (Fsp3) is 0.962. The van der Waals surface area contributed by atoms with Crippen molar-refractivity contribution in [1.82, 2.24) is 5.32 Å². The van der Waals surface area contributed by atoms with Gasteiger partial charge in [-0.2, -0.15) is 0 Å². The Labute approximate surface area is 595 Å². The second-order valence-corrected chi connectivity index (χ2v) is 29.6. The zero-order chi connectivity index (χ0) is 71.1. The first kappa shape index (κ1) is 90.7. The highest BCUT2D eigenvalue weighted by atomic mass is 16.8. The molecule has 3 aliphatic heterocycles. The SMILES string of the molecule is CCCCCCCCCCCCCCCCCCCCCCCCCCCCCCC/C=C/C(O)C(COC1OC(CO)C(OC2OC(CO)C(OC3OC(CO)C(O)C(O)C3O)C(O)C2O)C(O)C1O)NC(=O)CCCCCCCCCCCCCCCCCCCCCCCC. The smallest absolute Gasteiger partial charge is 0.220 e. The number of aliphatic hydroxyl groups is 11. The van der Waals surface area contributed by atoms with Gasteiger partial charge in [0.15, 0.2) is 18.9 Å². The first-order chi connectivity index (χ1) is 47.8. The van der Waals surface area contributed by atoms with Gasteiger partial charge in [0.1, 0.15) is 73.2 Å². The van der Waals surface area contributed by atoms with Crippen molar-refractivity contribution in [3.63, 3.8) is 0 Å². The summed E-state index contributed by atoms with van der Waals surface area (Å²) in [6, 6.07) is -0.970. The lowest BCUT2D eigenvalue weighted by atomic mass is 9.96. The summed E-state index contributed by atoms with van der Waals surface area (Å²) in [5.41, 5.74) is 0. The Hall–Kier alpha value is -1.47. The van der Waals surface area contributed by atoms with E-state index >= 15 is 0 Å². The number of nitrogens with one attached hydrogen (secondary N) is 1. The van der Waals surface area contributed by atoms with Gasteiger partial charge in [0.2, 0.25) is 5.91 Å². The van der Waals surface area contributed by atoms with Crippen LogP contribution in [0, 0.1) is 0 Å². The molecule has 12 N–H and O–H groups in total. The van der Waals surface area contributed by atoms with Gasteiger partial charge in [-0.15, -0.1) is 0 Å². The monoisotopic (exact) mass is 1400 g/mol. The van der Waals surface area contributed by atoms with Crippen LogP contribution >= 0.6 is 0 Å². The van der Waals surface area contributed by atoms with Crippen LogP contribution in [0.15, 0.2) is 12.2 Å². The van der Waals surface area contributed by atoms with Crippen LogP contribution in [0.4, 0.5) is 0 Å². The van der Waals surface area contributed by atoms with Crippen molar-refractivity contribution in [2.75, 3.05) is 26.4 Å². The van der Waals surface area contributed by atoms with E-state index in [1.807, 2.05) is 6.08 Å². The standard InChI is InChI=1S/C79H151NO18/c1-3-5-7-9-11-13-15-17-19-21-23-25-27-28-29-30-31-32-33-34-35-36-38-40-42-44-46-48-50-52-54-56-63(84)62(80-67(85)57-55-53-51-49-47-45-43-41-39-37-26-24-22-20-18-16-14-12-10-8-6-4-2)61-93-77-73(91)70(88)75(65(59-82)95-77)98-79-74(92)71(89)76(66(60-83)96-79)97-78-72(90)69(87)68(86)64(58-81)94-78/h54,56,62-66,68-79,81-84,86-92H,3-53,55,57-61H2,1-2H3,(H,80,85)/b56-54+. The lowest BCUT2D eigenvalue weighted by Crippen LogP contribution is -2.66. The van der Waals surface area contributed by atoms with Gasteiger partial charge < -0.3 is 89.9 Å². The van der Waals surface area contributed by atoms with Gasteiger partial charge in [0, 0.05) is 6.42 Å². The summed E-state index contributed by atoms with van der Waals surface area (Å²) < 4.78 is 34.5. The largest absolute Gasteiger partial charge is 0.394 e. The van der Waals surface area contributed by atoms with Crippen LogP contribution in [0.2, 0.25) is 0 Å². The first-order valence-corrected chi connectivity index (χ1v) is 40.9. The molecular formula is C79H151NO18. The van der Waals surface area contributed by atoms with Gasteiger partial charge in [0.25, 0.3) is 0 Å². The number of amides is 1. The van der Waals surface area contributed by atoms with E-state index in [4.69, 9.17) is 28.4 Å². The van der Waals surface area contributed by atoms with Crippen molar-refractivity contribution < 1.29 is 89.4 Å². The fourth-order valence-corrected chi connectivity index (χ4v) is 14.3. The van der Waals surface area contributed by atoms with Crippen LogP contribution in [0.3, 0.4) is 0 Å². The third-order valence-corrected chi connectivity index (χ3v) is 20.8. The number of carbonyl (C=O) groups is 1. The van der Waals surface area contributed by atoms with E-state index in [0.717, 1.165) is 44.9 Å². The molecule has 3 saturated heterocycles. The van der Waals surface area contributed by atoms with Crippen molar-refractivity contribution in [3.05, 3.63) is 12.2 Å². The Morgan fingerprint density at radius 3 is 0.959 bits per heavy atom. The second-order valence-electron chi connectivity index (χ2n) is 29.6. The van der Waals surface area contributed by atoms with E-state index in [0.29, 0.717) is 6.42 Å². The molecule has 0 bridgehead atoms. The van der Waals surface area contributed by atoms with E-state index in [1.54, 1.807) is 6.08 Å². The molecule has 0 aromatic rings. The van der Waals surface area contributed by atoms with Crippen LogP contribution in [-0.4, -0.2) is 193 Å². The number of hydrogen-bond acceptors (Lipinski definition) is 18. The summed E-state index contributed by atoms with van der Waals surface area (Å²) in [6.45, 7) is 1.81. The van der Waals surface area contributed by atoms with E-state index in [9.17, 15) is 61.0 Å². The highest BCUT2D eigenvalue weighted by Gasteiger charge is 2.54. The molecule has 19 nitrogen and oxygen atoms in total. The molecule has 19 heteroatoms. The molecule has 3 aliphatic rings. The maximum Gasteiger partial charge on any atom is 0.220 e. The van der Waals surface area contributed by atoms with Crippen molar-refractivity contribution in [1.29, 1.82) is 0 Å². The van der Waals surface area contributed by atoms with Crippen LogP contribution in [0.5, 0.6) is 0 Å². The Bertz CT molecular complexity index is 1820. The zero-order valence-electron chi connectivity index (χ0n) is 62.1. The Morgan fingerprint density at radius 2 is 0.633 bits per heavy atom. The second kappa shape index (κ2) is 60.8. The third kappa shape index (κ3) is 40.7. The van der Waals surface area contributed by atoms with Gasteiger partial charge in [-0.05, 0) is 19.3 Å². The van der Waals surface area contributed by atoms with Crippen molar-refractivity contribution in [2.45, 2.75) is 458 Å². The molecule has 0 saturated carbocycles. The minimum absolute atomic E-state index is 0.250. The zero-order valence-corrected chi connectivity index (χ0v) is 62.1. The molecule has 1 amide bonds. The molecule has 0 spiro atoms. The minimum atomic E-state index is -1.98. The molecule has 17 unspecified atom stereocenters. The van der Waals surface area contributed by atoms with E-state index in [1.165, 1.54) is 283 Å². The molecular weight excluding hydrogens is 1250 g/mol. The van der Waals surface area contributed by atoms with Gasteiger partial charge in [-0.3, -0.25) is 4.79 Å². The molecule has 3 heterocycles. The quantitative estimate of drug-likeness (QED) is 0.0199. The summed E-state index contributed by atoms with van der Waals surface area (Å²) in [5.74, 6) is -0.266. The molecule has 0 aliphatic carbocycles. The lowest BCUT2D eigenvalue weighted by Gasteiger charge is -2.48. The molecule has 3 fully saturated rings. The number of unbranched alkanes of at least 4 members (excludes halogenated alkanes) is 50. The third-order valence-electron chi connectivity index (χ3n) is 20.8. The number of hydrogen-bond donors (Lipinski definition) is 12. The van der Waals surface area contributed by atoms with Crippen LogP contribution in [-0.2, 0) is 33.2 Å². The number of aliphatic hydroxyl groups excluding tert-OH is 11. The van der Waals surface area contributed by atoms with Crippen LogP contribution < -0.4 is 5.32 Å². The average Bonchev–Trinajstić information content (AvgIpc) is 0.785. The molecule has 0 radical (unpaired) electrons. The predicted molar refractivity (Wildman–Crippen MR) is 388 cm³/mol. The van der Waals surface area contributed by atoms with Gasteiger partial charge in [-0.25, -0.2) is 0 Å².